The van der Waals surface area contributed by atoms with Crippen molar-refractivity contribution in [1.29, 1.82) is 0 Å². The molecule has 0 aliphatic carbocycles. The number of anilines is 2. The highest BCUT2D eigenvalue weighted by atomic mass is 79.9. The Morgan fingerprint density at radius 3 is 2.52 bits per heavy atom. The van der Waals surface area contributed by atoms with Crippen molar-refractivity contribution in [3.63, 3.8) is 0 Å². The molecule has 7 nitrogen and oxygen atoms in total. The summed E-state index contributed by atoms with van der Waals surface area (Å²) < 4.78 is 0.959. The number of carbonyl (C=O) groups is 1. The van der Waals surface area contributed by atoms with Crippen molar-refractivity contribution in [3.05, 3.63) is 55.1 Å². The lowest BCUT2D eigenvalue weighted by molar-refractivity contribution is -0.385. The molecule has 0 atom stereocenters. The Morgan fingerprint density at radius 1 is 1.29 bits per heavy atom. The number of aromatic nitrogens is 1. The average Bonchev–Trinajstić information content (AvgIpc) is 2.42. The van der Waals surface area contributed by atoms with Gasteiger partial charge in [-0.05, 0) is 50.1 Å². The predicted molar refractivity (Wildman–Crippen MR) is 83.0 cm³/mol. The molecule has 108 valence electrons. The number of benzene rings is 1. The van der Waals surface area contributed by atoms with E-state index in [0.29, 0.717) is 20.5 Å². The van der Waals surface area contributed by atoms with Gasteiger partial charge >= 0.3 is 5.97 Å². The quantitative estimate of drug-likeness (QED) is 0.577. The van der Waals surface area contributed by atoms with E-state index in [2.05, 4.69) is 42.2 Å². The topological polar surface area (TPSA) is 105 Å². The molecular weight excluding hydrogens is 410 g/mol. The number of rotatable bonds is 4. The Balaban J connectivity index is 2.30. The summed E-state index contributed by atoms with van der Waals surface area (Å²) in [5, 5.41) is 22.5. The van der Waals surface area contributed by atoms with E-state index < -0.39 is 10.9 Å². The third-order valence-electron chi connectivity index (χ3n) is 2.51. The monoisotopic (exact) mass is 415 g/mol. The summed E-state index contributed by atoms with van der Waals surface area (Å²) in [5.41, 5.74) is 0.595. The molecule has 0 bridgehead atoms. The van der Waals surface area contributed by atoms with Gasteiger partial charge in [0.2, 0.25) is 0 Å². The summed E-state index contributed by atoms with van der Waals surface area (Å²) in [6, 6.07) is 5.79. The van der Waals surface area contributed by atoms with Crippen LogP contribution in [0.15, 0.2) is 39.4 Å². The maximum absolute atomic E-state index is 10.9. The smallest absolute Gasteiger partial charge is 0.335 e. The molecule has 0 saturated heterocycles. The van der Waals surface area contributed by atoms with Crippen molar-refractivity contribution in [2.45, 2.75) is 0 Å². The zero-order valence-electron chi connectivity index (χ0n) is 10.2. The molecule has 0 unspecified atom stereocenters. The number of hydrogen-bond acceptors (Lipinski definition) is 5. The first kappa shape index (κ1) is 15.4. The van der Waals surface area contributed by atoms with Crippen LogP contribution < -0.4 is 5.32 Å². The third kappa shape index (κ3) is 3.56. The van der Waals surface area contributed by atoms with Crippen LogP contribution in [0.1, 0.15) is 10.4 Å². The van der Waals surface area contributed by atoms with Crippen LogP contribution in [-0.4, -0.2) is 21.0 Å². The summed E-state index contributed by atoms with van der Waals surface area (Å²) in [6.07, 6.45) is 1.13. The highest BCUT2D eigenvalue weighted by molar-refractivity contribution is 9.11. The second kappa shape index (κ2) is 6.19. The number of carboxylic acids is 1. The Labute approximate surface area is 135 Å². The molecule has 0 aliphatic heterocycles. The molecule has 1 aromatic heterocycles. The molecule has 0 radical (unpaired) electrons. The van der Waals surface area contributed by atoms with Crippen molar-refractivity contribution in [2.24, 2.45) is 0 Å². The van der Waals surface area contributed by atoms with Crippen molar-refractivity contribution in [3.8, 4) is 0 Å². The summed E-state index contributed by atoms with van der Waals surface area (Å²) in [5.74, 6) is -0.652. The lowest BCUT2D eigenvalue weighted by atomic mass is 10.2. The lowest BCUT2D eigenvalue weighted by Crippen LogP contribution is -2.00. The van der Waals surface area contributed by atoms with Gasteiger partial charge in [0.15, 0.2) is 0 Å². The van der Waals surface area contributed by atoms with Gasteiger partial charge in [-0.3, -0.25) is 10.1 Å². The highest BCUT2D eigenvalue weighted by Crippen LogP contribution is 2.31. The Hall–Kier alpha value is -2.00. The highest BCUT2D eigenvalue weighted by Gasteiger charge is 2.12. The molecule has 1 aromatic carbocycles. The zero-order valence-corrected chi connectivity index (χ0v) is 13.4. The van der Waals surface area contributed by atoms with Crippen LogP contribution in [0.3, 0.4) is 0 Å². The Morgan fingerprint density at radius 2 is 2.00 bits per heavy atom. The summed E-state index contributed by atoms with van der Waals surface area (Å²) in [6.45, 7) is 0. The van der Waals surface area contributed by atoms with Crippen molar-refractivity contribution < 1.29 is 14.8 Å². The molecule has 0 spiro atoms. The van der Waals surface area contributed by atoms with Crippen molar-refractivity contribution in [2.75, 3.05) is 5.32 Å². The molecule has 0 saturated carbocycles. The first-order chi connectivity index (χ1) is 9.88. The van der Waals surface area contributed by atoms with E-state index in [1.54, 1.807) is 6.07 Å². The van der Waals surface area contributed by atoms with Crippen LogP contribution in [0.25, 0.3) is 0 Å². The van der Waals surface area contributed by atoms with Gasteiger partial charge in [-0.1, -0.05) is 0 Å². The van der Waals surface area contributed by atoms with Crippen molar-refractivity contribution >= 4 is 55.0 Å². The van der Waals surface area contributed by atoms with E-state index in [1.807, 2.05) is 0 Å². The molecule has 21 heavy (non-hydrogen) atoms. The first-order valence-corrected chi connectivity index (χ1v) is 7.07. The van der Waals surface area contributed by atoms with E-state index in [0.717, 1.165) is 6.20 Å². The minimum Gasteiger partial charge on any atom is -0.478 e. The van der Waals surface area contributed by atoms with E-state index in [9.17, 15) is 14.9 Å². The number of nitrogens with zero attached hydrogens (tertiary/aromatic N) is 2. The largest absolute Gasteiger partial charge is 0.478 e. The molecule has 0 amide bonds. The zero-order chi connectivity index (χ0) is 15.6. The van der Waals surface area contributed by atoms with Crippen LogP contribution in [0.2, 0.25) is 0 Å². The van der Waals surface area contributed by atoms with E-state index in [1.165, 1.54) is 18.2 Å². The molecule has 9 heteroatoms. The van der Waals surface area contributed by atoms with E-state index >= 15 is 0 Å². The second-order valence-corrected chi connectivity index (χ2v) is 5.61. The fourth-order valence-corrected chi connectivity index (χ4v) is 2.41. The molecule has 2 N–H and O–H groups in total. The van der Waals surface area contributed by atoms with Gasteiger partial charge in [-0.2, -0.15) is 0 Å². The van der Waals surface area contributed by atoms with E-state index in [-0.39, 0.29) is 11.3 Å². The van der Waals surface area contributed by atoms with Crippen LogP contribution in [0.5, 0.6) is 0 Å². The van der Waals surface area contributed by atoms with Gasteiger partial charge in [0.1, 0.15) is 12.0 Å². The van der Waals surface area contributed by atoms with Crippen LogP contribution in [0, 0.1) is 10.1 Å². The van der Waals surface area contributed by atoms with Gasteiger partial charge in [0.05, 0.1) is 20.6 Å². The fourth-order valence-electron chi connectivity index (χ4n) is 1.50. The van der Waals surface area contributed by atoms with Crippen LogP contribution >= 0.6 is 31.9 Å². The normalized spacial score (nSPS) is 10.2. The number of carboxylic acid groups (broad SMARTS) is 1. The van der Waals surface area contributed by atoms with E-state index in [4.69, 9.17) is 5.11 Å². The number of aromatic carboxylic acids is 1. The summed E-state index contributed by atoms with van der Waals surface area (Å²) >= 11 is 6.45. The van der Waals surface area contributed by atoms with Gasteiger partial charge in [0, 0.05) is 10.5 Å². The van der Waals surface area contributed by atoms with Crippen LogP contribution in [-0.2, 0) is 0 Å². The minimum atomic E-state index is -1.03. The molecule has 2 aromatic rings. The number of hydrogen-bond donors (Lipinski definition) is 2. The maximum atomic E-state index is 10.9. The third-order valence-corrected chi connectivity index (χ3v) is 3.77. The fraction of sp³-hybridized carbons (Fsp3) is 0. The summed E-state index contributed by atoms with van der Waals surface area (Å²) in [4.78, 5) is 24.9. The summed E-state index contributed by atoms with van der Waals surface area (Å²) in [7, 11) is 0. The molecule has 2 rings (SSSR count). The van der Waals surface area contributed by atoms with Gasteiger partial charge < -0.3 is 10.4 Å². The number of nitro groups is 1. The standard InChI is InChI=1S/C12H7Br2N3O4/c13-8-3-6(12(18)19)1-2-10(8)16-11-9(14)4-7(5-15-11)17(20)21/h1-5H,(H,15,16)(H,18,19). The minimum absolute atomic E-state index is 0.132. The lowest BCUT2D eigenvalue weighted by Gasteiger charge is -2.09. The average molecular weight is 417 g/mol. The number of pyridine rings is 1. The Bertz CT molecular complexity index is 675. The number of halogens is 2. The van der Waals surface area contributed by atoms with Gasteiger partial charge in [-0.25, -0.2) is 9.78 Å². The first-order valence-electron chi connectivity index (χ1n) is 5.48. The molecular formula is C12H7Br2N3O4. The molecule has 0 aliphatic rings. The van der Waals surface area contributed by atoms with Gasteiger partial charge in [0.25, 0.3) is 5.69 Å². The maximum Gasteiger partial charge on any atom is 0.335 e. The number of nitrogens with one attached hydrogen (secondary N) is 1. The van der Waals surface area contributed by atoms with Crippen molar-refractivity contribution in [1.82, 2.24) is 4.98 Å². The van der Waals surface area contributed by atoms with Gasteiger partial charge in [-0.15, -0.1) is 0 Å². The molecule has 0 fully saturated rings. The Kier molecular flexibility index (Phi) is 4.53. The SMILES string of the molecule is O=C(O)c1ccc(Nc2ncc([N+](=O)[O-])cc2Br)c(Br)c1. The van der Waals surface area contributed by atoms with Crippen LogP contribution in [0.4, 0.5) is 17.2 Å². The predicted octanol–water partition coefficient (Wildman–Crippen LogP) is 3.96. The second-order valence-electron chi connectivity index (χ2n) is 3.91. The molecule has 1 heterocycles.